The standard InChI is InChI=1S/C15H20N2O3S2/c1-9-10(2)16-20-15(9)13-8-14(11(3)21-13)22(18,19)17-12-6-4-5-7-12/h8,12,17H,4-7H2,1-3H3. The fourth-order valence-corrected chi connectivity index (χ4v) is 5.75. The lowest BCUT2D eigenvalue weighted by molar-refractivity contribution is 0.427. The number of aromatic nitrogens is 1. The Morgan fingerprint density at radius 2 is 1.95 bits per heavy atom. The number of sulfonamides is 1. The minimum atomic E-state index is -3.47. The van der Waals surface area contributed by atoms with Crippen molar-refractivity contribution in [2.75, 3.05) is 0 Å². The van der Waals surface area contributed by atoms with Crippen molar-refractivity contribution in [3.05, 3.63) is 22.2 Å². The van der Waals surface area contributed by atoms with Gasteiger partial charge in [-0.1, -0.05) is 18.0 Å². The second kappa shape index (κ2) is 5.79. The molecule has 5 nitrogen and oxygen atoms in total. The smallest absolute Gasteiger partial charge is 0.241 e. The van der Waals surface area contributed by atoms with Gasteiger partial charge >= 0.3 is 0 Å². The van der Waals surface area contributed by atoms with Crippen LogP contribution in [0.3, 0.4) is 0 Å². The molecule has 0 aromatic carbocycles. The quantitative estimate of drug-likeness (QED) is 0.924. The fraction of sp³-hybridized carbons (Fsp3) is 0.533. The molecule has 0 saturated heterocycles. The lowest BCUT2D eigenvalue weighted by atomic mass is 10.2. The minimum Gasteiger partial charge on any atom is -0.355 e. The largest absolute Gasteiger partial charge is 0.355 e. The summed E-state index contributed by atoms with van der Waals surface area (Å²) in [5, 5.41) is 3.94. The van der Waals surface area contributed by atoms with Crippen LogP contribution in [-0.2, 0) is 10.0 Å². The number of nitrogens with one attached hydrogen (secondary N) is 1. The molecule has 0 bridgehead atoms. The van der Waals surface area contributed by atoms with Crippen LogP contribution in [0.5, 0.6) is 0 Å². The van der Waals surface area contributed by atoms with Crippen molar-refractivity contribution in [3.8, 4) is 10.6 Å². The average molecular weight is 340 g/mol. The second-order valence-corrected chi connectivity index (χ2v) is 8.79. The summed E-state index contributed by atoms with van der Waals surface area (Å²) in [5.41, 5.74) is 1.78. The Morgan fingerprint density at radius 3 is 2.55 bits per heavy atom. The van der Waals surface area contributed by atoms with Crippen LogP contribution in [0.2, 0.25) is 0 Å². The number of nitrogens with zero attached hydrogens (tertiary/aromatic N) is 1. The van der Waals surface area contributed by atoms with Gasteiger partial charge in [0.2, 0.25) is 10.0 Å². The summed E-state index contributed by atoms with van der Waals surface area (Å²) in [6.07, 6.45) is 4.04. The summed E-state index contributed by atoms with van der Waals surface area (Å²) in [4.78, 5) is 1.93. The molecule has 1 fully saturated rings. The van der Waals surface area contributed by atoms with Crippen LogP contribution >= 0.6 is 11.3 Å². The summed E-state index contributed by atoms with van der Waals surface area (Å²) in [7, 11) is -3.47. The van der Waals surface area contributed by atoms with E-state index in [9.17, 15) is 8.42 Å². The van der Waals surface area contributed by atoms with Crippen molar-refractivity contribution in [1.82, 2.24) is 9.88 Å². The van der Waals surface area contributed by atoms with Gasteiger partial charge in [0.15, 0.2) is 5.76 Å². The van der Waals surface area contributed by atoms with Crippen molar-refractivity contribution in [3.63, 3.8) is 0 Å². The molecule has 1 saturated carbocycles. The third-order valence-electron chi connectivity index (χ3n) is 4.22. The van der Waals surface area contributed by atoms with E-state index in [0.29, 0.717) is 10.7 Å². The summed E-state index contributed by atoms with van der Waals surface area (Å²) in [6, 6.07) is 1.77. The highest BCUT2D eigenvalue weighted by atomic mass is 32.2. The van der Waals surface area contributed by atoms with Crippen LogP contribution in [0.25, 0.3) is 10.6 Å². The molecular weight excluding hydrogens is 320 g/mol. The number of hydrogen-bond acceptors (Lipinski definition) is 5. The predicted octanol–water partition coefficient (Wildman–Crippen LogP) is 3.55. The monoisotopic (exact) mass is 340 g/mol. The van der Waals surface area contributed by atoms with Crippen LogP contribution < -0.4 is 4.72 Å². The van der Waals surface area contributed by atoms with E-state index in [1.165, 1.54) is 11.3 Å². The molecule has 2 heterocycles. The van der Waals surface area contributed by atoms with Crippen molar-refractivity contribution in [2.24, 2.45) is 0 Å². The Balaban J connectivity index is 1.93. The first kappa shape index (κ1) is 15.7. The van der Waals surface area contributed by atoms with Gasteiger partial charge in [-0.2, -0.15) is 0 Å². The Morgan fingerprint density at radius 1 is 1.27 bits per heavy atom. The Kier molecular flexibility index (Phi) is 4.13. The highest BCUT2D eigenvalue weighted by molar-refractivity contribution is 7.89. The summed E-state index contributed by atoms with van der Waals surface area (Å²) >= 11 is 1.43. The SMILES string of the molecule is Cc1noc(-c2cc(S(=O)(=O)NC3CCCC3)c(C)s2)c1C. The predicted molar refractivity (Wildman–Crippen MR) is 86.6 cm³/mol. The van der Waals surface area contributed by atoms with Gasteiger partial charge < -0.3 is 4.52 Å². The molecule has 1 N–H and O–H groups in total. The first-order chi connectivity index (χ1) is 10.4. The van der Waals surface area contributed by atoms with Gasteiger partial charge in [0.1, 0.15) is 0 Å². The maximum Gasteiger partial charge on any atom is 0.241 e. The normalized spacial score (nSPS) is 16.5. The maximum atomic E-state index is 12.6. The summed E-state index contributed by atoms with van der Waals surface area (Å²) in [5.74, 6) is 0.660. The number of aryl methyl sites for hydroxylation is 2. The van der Waals surface area contributed by atoms with E-state index in [1.54, 1.807) is 6.07 Å². The zero-order valence-corrected chi connectivity index (χ0v) is 14.6. The van der Waals surface area contributed by atoms with E-state index < -0.39 is 10.0 Å². The Bertz CT molecular complexity index is 784. The summed E-state index contributed by atoms with van der Waals surface area (Å²) < 4.78 is 33.4. The molecule has 0 unspecified atom stereocenters. The summed E-state index contributed by atoms with van der Waals surface area (Å²) in [6.45, 7) is 5.64. The highest BCUT2D eigenvalue weighted by Gasteiger charge is 2.27. The van der Waals surface area contributed by atoms with Gasteiger partial charge in [-0.3, -0.25) is 0 Å². The molecule has 1 aliphatic rings. The van der Waals surface area contributed by atoms with Crippen LogP contribution in [0.1, 0.15) is 41.8 Å². The molecule has 2 aromatic rings. The third kappa shape index (κ3) is 2.85. The maximum absolute atomic E-state index is 12.6. The van der Waals surface area contributed by atoms with Gasteiger partial charge in [-0.25, -0.2) is 13.1 Å². The lowest BCUT2D eigenvalue weighted by Crippen LogP contribution is -2.32. The van der Waals surface area contributed by atoms with E-state index in [4.69, 9.17) is 4.52 Å². The van der Waals surface area contributed by atoms with Crippen molar-refractivity contribution >= 4 is 21.4 Å². The molecule has 7 heteroatoms. The molecular formula is C15H20N2O3S2. The van der Waals surface area contributed by atoms with Crippen LogP contribution in [0.15, 0.2) is 15.5 Å². The number of thiophene rings is 1. The van der Waals surface area contributed by atoms with Crippen LogP contribution in [0, 0.1) is 20.8 Å². The number of rotatable bonds is 4. The molecule has 2 aromatic heterocycles. The zero-order chi connectivity index (χ0) is 15.9. The zero-order valence-electron chi connectivity index (χ0n) is 13.0. The molecule has 0 aliphatic heterocycles. The van der Waals surface area contributed by atoms with Gasteiger partial charge in [-0.15, -0.1) is 11.3 Å². The molecule has 0 atom stereocenters. The second-order valence-electron chi connectivity index (χ2n) is 5.86. The molecule has 22 heavy (non-hydrogen) atoms. The average Bonchev–Trinajstić information content (AvgIpc) is 3.13. The van der Waals surface area contributed by atoms with E-state index in [1.807, 2.05) is 20.8 Å². The van der Waals surface area contributed by atoms with Gasteiger partial charge in [0, 0.05) is 16.5 Å². The van der Waals surface area contributed by atoms with Gasteiger partial charge in [0.05, 0.1) is 15.5 Å². The number of hydrogen-bond donors (Lipinski definition) is 1. The van der Waals surface area contributed by atoms with E-state index in [0.717, 1.165) is 46.7 Å². The van der Waals surface area contributed by atoms with Crippen LogP contribution in [-0.4, -0.2) is 19.6 Å². The molecule has 0 amide bonds. The first-order valence-corrected chi connectivity index (χ1v) is 9.74. The van der Waals surface area contributed by atoms with E-state index in [2.05, 4.69) is 9.88 Å². The Labute approximate surface area is 134 Å². The van der Waals surface area contributed by atoms with E-state index in [-0.39, 0.29) is 6.04 Å². The minimum absolute atomic E-state index is 0.0713. The van der Waals surface area contributed by atoms with Gasteiger partial charge in [-0.05, 0) is 39.7 Å². The lowest BCUT2D eigenvalue weighted by Gasteiger charge is -2.11. The van der Waals surface area contributed by atoms with Crippen molar-refractivity contribution in [1.29, 1.82) is 0 Å². The highest BCUT2D eigenvalue weighted by Crippen LogP contribution is 2.36. The molecule has 0 spiro atoms. The fourth-order valence-electron chi connectivity index (χ4n) is 2.82. The van der Waals surface area contributed by atoms with E-state index >= 15 is 0 Å². The van der Waals surface area contributed by atoms with Crippen LogP contribution in [0.4, 0.5) is 0 Å². The molecule has 0 radical (unpaired) electrons. The van der Waals surface area contributed by atoms with Gasteiger partial charge in [0.25, 0.3) is 0 Å². The van der Waals surface area contributed by atoms with Crippen molar-refractivity contribution < 1.29 is 12.9 Å². The van der Waals surface area contributed by atoms with Crippen molar-refractivity contribution in [2.45, 2.75) is 57.4 Å². The topological polar surface area (TPSA) is 72.2 Å². The molecule has 120 valence electrons. The molecule has 3 rings (SSSR count). The third-order valence-corrected chi connectivity index (χ3v) is 7.04. The first-order valence-electron chi connectivity index (χ1n) is 7.44. The Hall–Kier alpha value is -1.18. The molecule has 1 aliphatic carbocycles.